The van der Waals surface area contributed by atoms with Gasteiger partial charge in [-0.25, -0.2) is 0 Å². The van der Waals surface area contributed by atoms with Crippen molar-refractivity contribution in [2.75, 3.05) is 0 Å². The zero-order valence-corrected chi connectivity index (χ0v) is 9.07. The normalized spacial score (nSPS) is 20.4. The van der Waals surface area contributed by atoms with E-state index in [1.165, 1.54) is 6.42 Å². The van der Waals surface area contributed by atoms with Crippen LogP contribution in [0, 0.1) is 5.92 Å². The van der Waals surface area contributed by atoms with E-state index in [1.807, 2.05) is 30.3 Å². The summed E-state index contributed by atoms with van der Waals surface area (Å²) in [6.45, 7) is 1.60. The Morgan fingerprint density at radius 2 is 1.93 bits per heavy atom. The summed E-state index contributed by atoms with van der Waals surface area (Å²) in [6, 6.07) is 9.75. The number of carbonyl (C=O) groups is 1. The van der Waals surface area contributed by atoms with Gasteiger partial charge in [-0.15, -0.1) is 0 Å². The Morgan fingerprint density at radius 3 is 2.33 bits per heavy atom. The largest absolute Gasteiger partial charge is 0.315 e. The van der Waals surface area contributed by atoms with E-state index in [9.17, 15) is 4.79 Å². The summed E-state index contributed by atoms with van der Waals surface area (Å²) in [5, 5.41) is 0. The van der Waals surface area contributed by atoms with Gasteiger partial charge in [0.1, 0.15) is 5.54 Å². The third-order valence-electron chi connectivity index (χ3n) is 3.58. The molecule has 0 aliphatic heterocycles. The van der Waals surface area contributed by atoms with Crippen molar-refractivity contribution in [2.24, 2.45) is 11.7 Å². The van der Waals surface area contributed by atoms with Crippen LogP contribution >= 0.6 is 0 Å². The summed E-state index contributed by atoms with van der Waals surface area (Å²) < 4.78 is 0. The first-order valence-corrected chi connectivity index (χ1v) is 5.51. The number of benzene rings is 1. The SMILES string of the molecule is CC(=O)C(N)(c1ccccc1)C1CCC1. The van der Waals surface area contributed by atoms with Gasteiger partial charge in [-0.1, -0.05) is 36.8 Å². The van der Waals surface area contributed by atoms with Crippen LogP contribution in [0.4, 0.5) is 0 Å². The van der Waals surface area contributed by atoms with Gasteiger partial charge in [0.15, 0.2) is 5.78 Å². The van der Waals surface area contributed by atoms with Crippen LogP contribution in [0.2, 0.25) is 0 Å². The Morgan fingerprint density at radius 1 is 1.33 bits per heavy atom. The highest BCUT2D eigenvalue weighted by Crippen LogP contribution is 2.41. The highest BCUT2D eigenvalue weighted by Gasteiger charge is 2.43. The van der Waals surface area contributed by atoms with Gasteiger partial charge in [-0.3, -0.25) is 4.79 Å². The summed E-state index contributed by atoms with van der Waals surface area (Å²) >= 11 is 0. The lowest BCUT2D eigenvalue weighted by Crippen LogP contribution is -2.52. The van der Waals surface area contributed by atoms with E-state index in [2.05, 4.69) is 0 Å². The standard InChI is InChI=1S/C13H17NO/c1-10(15)13(14,12-8-5-9-12)11-6-3-2-4-7-11/h2-4,6-7,12H,5,8-9,14H2,1H3. The molecular formula is C13H17NO. The molecule has 1 atom stereocenters. The summed E-state index contributed by atoms with van der Waals surface area (Å²) in [7, 11) is 0. The molecule has 2 nitrogen and oxygen atoms in total. The zero-order chi connectivity index (χ0) is 10.9. The number of hydrogen-bond acceptors (Lipinski definition) is 2. The van der Waals surface area contributed by atoms with Crippen LogP contribution in [0.1, 0.15) is 31.7 Å². The zero-order valence-electron chi connectivity index (χ0n) is 9.07. The van der Waals surface area contributed by atoms with E-state index >= 15 is 0 Å². The van der Waals surface area contributed by atoms with Gasteiger partial charge in [0.25, 0.3) is 0 Å². The molecule has 0 radical (unpaired) electrons. The molecule has 15 heavy (non-hydrogen) atoms. The Labute approximate surface area is 90.5 Å². The molecule has 0 spiro atoms. The van der Waals surface area contributed by atoms with Gasteiger partial charge in [0.2, 0.25) is 0 Å². The highest BCUT2D eigenvalue weighted by atomic mass is 16.1. The minimum absolute atomic E-state index is 0.0819. The fourth-order valence-corrected chi connectivity index (χ4v) is 2.30. The van der Waals surface area contributed by atoms with Crippen molar-refractivity contribution in [3.63, 3.8) is 0 Å². The second kappa shape index (κ2) is 3.78. The second-order valence-electron chi connectivity index (χ2n) is 4.42. The van der Waals surface area contributed by atoms with E-state index in [0.29, 0.717) is 5.92 Å². The summed E-state index contributed by atoms with van der Waals surface area (Å²) in [4.78, 5) is 11.8. The number of nitrogens with two attached hydrogens (primary N) is 1. The van der Waals surface area contributed by atoms with E-state index in [-0.39, 0.29) is 5.78 Å². The minimum Gasteiger partial charge on any atom is -0.315 e. The number of hydrogen-bond donors (Lipinski definition) is 1. The molecule has 1 unspecified atom stereocenters. The Kier molecular flexibility index (Phi) is 2.61. The molecule has 0 bridgehead atoms. The molecule has 0 amide bonds. The maximum atomic E-state index is 11.8. The molecule has 1 aliphatic rings. The summed E-state index contributed by atoms with van der Waals surface area (Å²) in [6.07, 6.45) is 3.35. The van der Waals surface area contributed by atoms with E-state index in [4.69, 9.17) is 5.73 Å². The molecule has 1 aromatic carbocycles. The lowest BCUT2D eigenvalue weighted by molar-refractivity contribution is -0.125. The van der Waals surface area contributed by atoms with Gasteiger partial charge in [-0.05, 0) is 31.2 Å². The van der Waals surface area contributed by atoms with Crippen molar-refractivity contribution in [1.82, 2.24) is 0 Å². The maximum Gasteiger partial charge on any atom is 0.154 e. The molecule has 1 saturated carbocycles. The first-order valence-electron chi connectivity index (χ1n) is 5.51. The van der Waals surface area contributed by atoms with Crippen molar-refractivity contribution < 1.29 is 4.79 Å². The lowest BCUT2D eigenvalue weighted by atomic mass is 9.66. The third kappa shape index (κ3) is 1.59. The summed E-state index contributed by atoms with van der Waals surface area (Å²) in [5.41, 5.74) is 6.53. The molecule has 0 saturated heterocycles. The number of carbonyl (C=O) groups excluding carboxylic acids is 1. The van der Waals surface area contributed by atoms with Crippen molar-refractivity contribution >= 4 is 5.78 Å². The average Bonchev–Trinajstić information content (AvgIpc) is 2.16. The van der Waals surface area contributed by atoms with Crippen molar-refractivity contribution in [1.29, 1.82) is 0 Å². The fraction of sp³-hybridized carbons (Fsp3) is 0.462. The van der Waals surface area contributed by atoms with Crippen LogP contribution < -0.4 is 5.73 Å². The van der Waals surface area contributed by atoms with Gasteiger partial charge in [0, 0.05) is 0 Å². The molecule has 0 aromatic heterocycles. The van der Waals surface area contributed by atoms with Gasteiger partial charge in [-0.2, -0.15) is 0 Å². The van der Waals surface area contributed by atoms with Gasteiger partial charge < -0.3 is 5.73 Å². The lowest BCUT2D eigenvalue weighted by Gasteiger charge is -2.41. The van der Waals surface area contributed by atoms with E-state index in [1.54, 1.807) is 6.92 Å². The van der Waals surface area contributed by atoms with Crippen molar-refractivity contribution in [3.8, 4) is 0 Å². The highest BCUT2D eigenvalue weighted by molar-refractivity contribution is 5.87. The first-order chi connectivity index (χ1) is 7.15. The first kappa shape index (κ1) is 10.4. The monoisotopic (exact) mass is 203 g/mol. The van der Waals surface area contributed by atoms with Crippen LogP contribution in [0.15, 0.2) is 30.3 Å². The predicted molar refractivity (Wildman–Crippen MR) is 60.3 cm³/mol. The number of ketones is 1. The third-order valence-corrected chi connectivity index (χ3v) is 3.58. The smallest absolute Gasteiger partial charge is 0.154 e. The van der Waals surface area contributed by atoms with Crippen LogP contribution in [-0.2, 0) is 10.3 Å². The van der Waals surface area contributed by atoms with Crippen molar-refractivity contribution in [3.05, 3.63) is 35.9 Å². The molecule has 1 fully saturated rings. The molecule has 80 valence electrons. The molecular weight excluding hydrogens is 186 g/mol. The average molecular weight is 203 g/mol. The number of Topliss-reactive ketones (excluding diaryl/α,β-unsaturated/α-hetero) is 1. The number of rotatable bonds is 3. The predicted octanol–water partition coefficient (Wildman–Crippen LogP) is 2.23. The Bertz CT molecular complexity index is 356. The summed E-state index contributed by atoms with van der Waals surface area (Å²) in [5.74, 6) is 0.413. The molecule has 1 aliphatic carbocycles. The second-order valence-corrected chi connectivity index (χ2v) is 4.42. The molecule has 1 aromatic rings. The fourth-order valence-electron chi connectivity index (χ4n) is 2.30. The molecule has 2 N–H and O–H groups in total. The Balaban J connectivity index is 2.38. The van der Waals surface area contributed by atoms with Gasteiger partial charge in [0.05, 0.1) is 0 Å². The van der Waals surface area contributed by atoms with Crippen LogP contribution in [0.5, 0.6) is 0 Å². The topological polar surface area (TPSA) is 43.1 Å². The van der Waals surface area contributed by atoms with Crippen LogP contribution in [-0.4, -0.2) is 5.78 Å². The van der Waals surface area contributed by atoms with Crippen LogP contribution in [0.3, 0.4) is 0 Å². The Hall–Kier alpha value is -1.15. The molecule has 0 heterocycles. The minimum atomic E-state index is -0.750. The van der Waals surface area contributed by atoms with E-state index in [0.717, 1.165) is 18.4 Å². The molecule has 2 heteroatoms. The van der Waals surface area contributed by atoms with Crippen molar-refractivity contribution in [2.45, 2.75) is 31.7 Å². The quantitative estimate of drug-likeness (QED) is 0.818. The van der Waals surface area contributed by atoms with E-state index < -0.39 is 5.54 Å². The van der Waals surface area contributed by atoms with Gasteiger partial charge >= 0.3 is 0 Å². The maximum absolute atomic E-state index is 11.8. The molecule has 2 rings (SSSR count). The van der Waals surface area contributed by atoms with Crippen LogP contribution in [0.25, 0.3) is 0 Å².